The molecule has 1 fully saturated rings. The molecule has 0 aliphatic carbocycles. The van der Waals surface area contributed by atoms with Crippen molar-refractivity contribution in [3.05, 3.63) is 46.0 Å². The molecule has 21 heavy (non-hydrogen) atoms. The number of piperidine rings is 1. The van der Waals surface area contributed by atoms with E-state index in [9.17, 15) is 0 Å². The first kappa shape index (κ1) is 14.7. The molecular weight excluding hydrogens is 330 g/mol. The van der Waals surface area contributed by atoms with Gasteiger partial charge in [-0.05, 0) is 50.0 Å². The van der Waals surface area contributed by atoms with Crippen molar-refractivity contribution >= 4 is 15.9 Å². The lowest BCUT2D eigenvalue weighted by Gasteiger charge is -2.33. The Morgan fingerprint density at radius 3 is 2.62 bits per heavy atom. The van der Waals surface area contributed by atoms with E-state index in [2.05, 4.69) is 50.4 Å². The quantitative estimate of drug-likeness (QED) is 0.918. The maximum atomic E-state index is 5.60. The van der Waals surface area contributed by atoms with Crippen LogP contribution in [0.3, 0.4) is 0 Å². The van der Waals surface area contributed by atoms with Crippen LogP contribution in [0.1, 0.15) is 43.5 Å². The van der Waals surface area contributed by atoms with Crippen molar-refractivity contribution in [1.29, 1.82) is 0 Å². The van der Waals surface area contributed by atoms with Crippen LogP contribution < -0.4 is 5.32 Å². The largest absolute Gasteiger partial charge is 0.339 e. The molecule has 1 aliphatic rings. The second-order valence-corrected chi connectivity index (χ2v) is 6.62. The molecule has 1 saturated heterocycles. The average Bonchev–Trinajstić information content (AvgIpc) is 2.99. The molecule has 112 valence electrons. The number of halogens is 1. The lowest BCUT2D eigenvalue weighted by atomic mass is 9.76. The average molecular weight is 350 g/mol. The Bertz CT molecular complexity index is 588. The van der Waals surface area contributed by atoms with Crippen LogP contribution in [-0.4, -0.2) is 23.2 Å². The summed E-state index contributed by atoms with van der Waals surface area (Å²) < 4.78 is 6.68. The molecule has 1 aromatic heterocycles. The van der Waals surface area contributed by atoms with Crippen molar-refractivity contribution in [2.45, 2.75) is 38.0 Å². The van der Waals surface area contributed by atoms with Gasteiger partial charge in [0.15, 0.2) is 5.82 Å². The molecule has 1 aliphatic heterocycles. The number of nitrogens with one attached hydrogen (secondary N) is 1. The van der Waals surface area contributed by atoms with Crippen molar-refractivity contribution in [2.75, 3.05) is 13.1 Å². The summed E-state index contributed by atoms with van der Waals surface area (Å²) in [5, 5.41) is 7.59. The minimum absolute atomic E-state index is 0.0657. The van der Waals surface area contributed by atoms with Gasteiger partial charge in [-0.1, -0.05) is 40.1 Å². The third kappa shape index (κ3) is 3.19. The van der Waals surface area contributed by atoms with E-state index in [4.69, 9.17) is 4.52 Å². The van der Waals surface area contributed by atoms with Crippen LogP contribution in [0.5, 0.6) is 0 Å². The molecule has 1 N–H and O–H groups in total. The molecule has 0 bridgehead atoms. The van der Waals surface area contributed by atoms with E-state index < -0.39 is 0 Å². The maximum absolute atomic E-state index is 5.60. The van der Waals surface area contributed by atoms with Crippen molar-refractivity contribution < 1.29 is 4.52 Å². The summed E-state index contributed by atoms with van der Waals surface area (Å²) in [5.41, 5.74) is 1.26. The molecule has 0 saturated carbocycles. The summed E-state index contributed by atoms with van der Waals surface area (Å²) in [6.45, 7) is 4.26. The SMILES string of the molecule is CCC1(c2nc(Cc3ccc(Br)cc3)no2)CCNCC1. The zero-order valence-electron chi connectivity index (χ0n) is 12.2. The predicted octanol–water partition coefficient (Wildman–Crippen LogP) is 3.45. The Kier molecular flexibility index (Phi) is 4.40. The number of hydrogen-bond donors (Lipinski definition) is 1. The summed E-state index contributed by atoms with van der Waals surface area (Å²) in [6, 6.07) is 8.24. The van der Waals surface area contributed by atoms with Gasteiger partial charge in [-0.25, -0.2) is 0 Å². The highest BCUT2D eigenvalue weighted by molar-refractivity contribution is 9.10. The highest BCUT2D eigenvalue weighted by atomic mass is 79.9. The molecular formula is C16H20BrN3O. The van der Waals surface area contributed by atoms with Crippen LogP contribution in [0.2, 0.25) is 0 Å². The number of aromatic nitrogens is 2. The summed E-state index contributed by atoms with van der Waals surface area (Å²) >= 11 is 3.45. The molecule has 5 heteroatoms. The van der Waals surface area contributed by atoms with E-state index in [0.717, 1.165) is 55.0 Å². The molecule has 4 nitrogen and oxygen atoms in total. The third-order valence-corrected chi connectivity index (χ3v) is 4.96. The second-order valence-electron chi connectivity index (χ2n) is 5.70. The van der Waals surface area contributed by atoms with E-state index in [1.54, 1.807) is 0 Å². The molecule has 0 radical (unpaired) electrons. The van der Waals surface area contributed by atoms with E-state index in [1.807, 2.05) is 12.1 Å². The Hall–Kier alpha value is -1.20. The number of nitrogens with zero attached hydrogens (tertiary/aromatic N) is 2. The molecule has 2 heterocycles. The summed E-state index contributed by atoms with van der Waals surface area (Å²) in [6.07, 6.45) is 3.91. The Balaban J connectivity index is 1.77. The first-order valence-electron chi connectivity index (χ1n) is 7.50. The van der Waals surface area contributed by atoms with Crippen molar-refractivity contribution in [2.24, 2.45) is 0 Å². The molecule has 3 rings (SSSR count). The normalized spacial score (nSPS) is 17.8. The van der Waals surface area contributed by atoms with Crippen LogP contribution >= 0.6 is 15.9 Å². The topological polar surface area (TPSA) is 51.0 Å². The first-order valence-corrected chi connectivity index (χ1v) is 8.29. The highest BCUT2D eigenvalue weighted by Gasteiger charge is 2.37. The van der Waals surface area contributed by atoms with Crippen LogP contribution in [0.25, 0.3) is 0 Å². The third-order valence-electron chi connectivity index (χ3n) is 4.43. The van der Waals surface area contributed by atoms with Crippen LogP contribution in [0.15, 0.2) is 33.3 Å². The van der Waals surface area contributed by atoms with Gasteiger partial charge in [-0.15, -0.1) is 0 Å². The monoisotopic (exact) mass is 349 g/mol. The minimum Gasteiger partial charge on any atom is -0.339 e. The molecule has 0 unspecified atom stereocenters. The zero-order chi connectivity index (χ0) is 14.7. The minimum atomic E-state index is 0.0657. The Morgan fingerprint density at radius 1 is 1.24 bits per heavy atom. The Morgan fingerprint density at radius 2 is 1.95 bits per heavy atom. The second kappa shape index (κ2) is 6.28. The van der Waals surface area contributed by atoms with Crippen molar-refractivity contribution in [3.63, 3.8) is 0 Å². The number of benzene rings is 1. The van der Waals surface area contributed by atoms with Gasteiger partial charge in [0.2, 0.25) is 5.89 Å². The van der Waals surface area contributed by atoms with Gasteiger partial charge in [-0.3, -0.25) is 0 Å². The number of rotatable bonds is 4. The smallest absolute Gasteiger partial charge is 0.232 e. The molecule has 0 spiro atoms. The molecule has 2 aromatic rings. The van der Waals surface area contributed by atoms with Gasteiger partial charge >= 0.3 is 0 Å². The van der Waals surface area contributed by atoms with Crippen LogP contribution in [-0.2, 0) is 11.8 Å². The summed E-state index contributed by atoms with van der Waals surface area (Å²) in [4.78, 5) is 4.68. The van der Waals surface area contributed by atoms with E-state index in [-0.39, 0.29) is 5.41 Å². The van der Waals surface area contributed by atoms with E-state index >= 15 is 0 Å². The van der Waals surface area contributed by atoms with E-state index in [1.165, 1.54) is 5.56 Å². The van der Waals surface area contributed by atoms with Gasteiger partial charge in [0.25, 0.3) is 0 Å². The zero-order valence-corrected chi connectivity index (χ0v) is 13.8. The first-order chi connectivity index (χ1) is 10.2. The van der Waals surface area contributed by atoms with Crippen molar-refractivity contribution in [3.8, 4) is 0 Å². The molecule has 1 aromatic carbocycles. The Labute approximate surface area is 133 Å². The number of hydrogen-bond acceptors (Lipinski definition) is 4. The lowest BCUT2D eigenvalue weighted by molar-refractivity contribution is 0.216. The molecule has 0 atom stereocenters. The maximum Gasteiger partial charge on any atom is 0.232 e. The van der Waals surface area contributed by atoms with E-state index in [0.29, 0.717) is 0 Å². The highest BCUT2D eigenvalue weighted by Crippen LogP contribution is 2.35. The van der Waals surface area contributed by atoms with Gasteiger partial charge < -0.3 is 9.84 Å². The lowest BCUT2D eigenvalue weighted by Crippen LogP contribution is -2.39. The fourth-order valence-electron chi connectivity index (χ4n) is 2.95. The van der Waals surface area contributed by atoms with Crippen LogP contribution in [0.4, 0.5) is 0 Å². The van der Waals surface area contributed by atoms with Crippen LogP contribution in [0, 0.1) is 0 Å². The summed E-state index contributed by atoms with van der Waals surface area (Å²) in [7, 11) is 0. The fourth-order valence-corrected chi connectivity index (χ4v) is 3.21. The van der Waals surface area contributed by atoms with Crippen molar-refractivity contribution in [1.82, 2.24) is 15.5 Å². The fraction of sp³-hybridized carbons (Fsp3) is 0.500. The summed E-state index contributed by atoms with van der Waals surface area (Å²) in [5.74, 6) is 1.59. The van der Waals surface area contributed by atoms with Gasteiger partial charge in [0.05, 0.1) is 5.41 Å². The van der Waals surface area contributed by atoms with Gasteiger partial charge in [0, 0.05) is 10.9 Å². The van der Waals surface area contributed by atoms with Gasteiger partial charge in [0.1, 0.15) is 0 Å². The standard InChI is InChI=1S/C16H20BrN3O/c1-2-16(7-9-18-10-8-16)15-19-14(20-21-15)11-12-3-5-13(17)6-4-12/h3-6,18H,2,7-11H2,1H3. The molecule has 0 amide bonds. The predicted molar refractivity (Wildman–Crippen MR) is 85.3 cm³/mol. The van der Waals surface area contributed by atoms with Gasteiger partial charge in [-0.2, -0.15) is 4.98 Å².